The van der Waals surface area contributed by atoms with Gasteiger partial charge in [0.2, 0.25) is 0 Å². The number of nitro benzene ring substituents is 1. The minimum Gasteiger partial charge on any atom is -0.264 e. The molecule has 0 amide bonds. The molecule has 0 saturated carbocycles. The van der Waals surface area contributed by atoms with Gasteiger partial charge in [-0.15, -0.1) is 0 Å². The number of benzene rings is 1. The number of hydrogen-bond acceptors (Lipinski definition) is 3. The van der Waals surface area contributed by atoms with Gasteiger partial charge in [0.25, 0.3) is 5.69 Å². The van der Waals surface area contributed by atoms with Gasteiger partial charge >= 0.3 is 0 Å². The molecule has 2 aromatic rings. The maximum Gasteiger partial charge on any atom is 0.273 e. The Morgan fingerprint density at radius 2 is 2.18 bits per heavy atom. The lowest BCUT2D eigenvalue weighted by Gasteiger charge is -2.03. The quantitative estimate of drug-likeness (QED) is 0.599. The molecule has 17 heavy (non-hydrogen) atoms. The second-order valence-corrected chi connectivity index (χ2v) is 3.93. The van der Waals surface area contributed by atoms with Crippen molar-refractivity contribution in [2.75, 3.05) is 0 Å². The Kier molecular flexibility index (Phi) is 3.14. The van der Waals surface area contributed by atoms with Gasteiger partial charge in [0.15, 0.2) is 0 Å². The number of aryl methyl sites for hydroxylation is 1. The molecule has 1 aromatic heterocycles. The molecule has 0 unspecified atom stereocenters. The van der Waals surface area contributed by atoms with Crippen molar-refractivity contribution in [2.24, 2.45) is 0 Å². The van der Waals surface area contributed by atoms with Gasteiger partial charge in [0, 0.05) is 30.4 Å². The van der Waals surface area contributed by atoms with Gasteiger partial charge in [0.1, 0.15) is 0 Å². The summed E-state index contributed by atoms with van der Waals surface area (Å²) in [5.74, 6) is 0. The van der Waals surface area contributed by atoms with Crippen LogP contribution in [0.1, 0.15) is 16.7 Å². The summed E-state index contributed by atoms with van der Waals surface area (Å²) in [6.07, 6.45) is 3.95. The Morgan fingerprint density at radius 3 is 2.82 bits per heavy atom. The molecule has 0 aliphatic heterocycles. The van der Waals surface area contributed by atoms with Gasteiger partial charge in [-0.25, -0.2) is 0 Å². The monoisotopic (exact) mass is 228 g/mol. The summed E-state index contributed by atoms with van der Waals surface area (Å²) in [5.41, 5.74) is 2.76. The molecule has 0 N–H and O–H groups in total. The number of nitro groups is 1. The number of pyridine rings is 1. The van der Waals surface area contributed by atoms with Crippen LogP contribution in [0.5, 0.6) is 0 Å². The van der Waals surface area contributed by atoms with Crippen molar-refractivity contribution in [2.45, 2.75) is 13.3 Å². The first-order valence-electron chi connectivity index (χ1n) is 5.29. The lowest BCUT2D eigenvalue weighted by molar-refractivity contribution is -0.385. The maximum atomic E-state index is 11.0. The van der Waals surface area contributed by atoms with Crippen molar-refractivity contribution in [1.82, 2.24) is 4.98 Å². The number of nitrogens with zero attached hydrogens (tertiary/aromatic N) is 2. The molecule has 1 heterocycles. The molecule has 0 bridgehead atoms. The van der Waals surface area contributed by atoms with Crippen molar-refractivity contribution in [1.29, 1.82) is 0 Å². The molecule has 2 rings (SSSR count). The lowest BCUT2D eigenvalue weighted by atomic mass is 10.0. The van der Waals surface area contributed by atoms with Crippen LogP contribution >= 0.6 is 0 Å². The van der Waals surface area contributed by atoms with Gasteiger partial charge in [-0.3, -0.25) is 15.1 Å². The van der Waals surface area contributed by atoms with Gasteiger partial charge in [0.05, 0.1) is 4.92 Å². The van der Waals surface area contributed by atoms with Crippen LogP contribution in [0.25, 0.3) is 0 Å². The Morgan fingerprint density at radius 1 is 1.35 bits per heavy atom. The molecule has 4 heteroatoms. The van der Waals surface area contributed by atoms with Crippen molar-refractivity contribution in [3.63, 3.8) is 0 Å². The molecule has 0 saturated heterocycles. The van der Waals surface area contributed by atoms with Crippen molar-refractivity contribution < 1.29 is 4.92 Å². The summed E-state index contributed by atoms with van der Waals surface area (Å²) in [6.45, 7) is 1.85. The first-order valence-corrected chi connectivity index (χ1v) is 5.29. The molecule has 0 aliphatic rings. The van der Waals surface area contributed by atoms with Gasteiger partial charge in [-0.1, -0.05) is 18.2 Å². The smallest absolute Gasteiger partial charge is 0.264 e. The van der Waals surface area contributed by atoms with Gasteiger partial charge in [-0.05, 0) is 24.1 Å². The predicted molar refractivity (Wildman–Crippen MR) is 64.9 cm³/mol. The lowest BCUT2D eigenvalue weighted by Crippen LogP contribution is -1.97. The van der Waals surface area contributed by atoms with E-state index in [1.54, 1.807) is 24.5 Å². The topological polar surface area (TPSA) is 56.0 Å². The zero-order valence-corrected chi connectivity index (χ0v) is 9.46. The normalized spacial score (nSPS) is 10.2. The molecule has 86 valence electrons. The highest BCUT2D eigenvalue weighted by molar-refractivity contribution is 5.45. The summed E-state index contributed by atoms with van der Waals surface area (Å²) >= 11 is 0. The van der Waals surface area contributed by atoms with Crippen molar-refractivity contribution in [3.05, 3.63) is 69.5 Å². The highest BCUT2D eigenvalue weighted by Crippen LogP contribution is 2.22. The van der Waals surface area contributed by atoms with Crippen LogP contribution in [0.3, 0.4) is 0 Å². The van der Waals surface area contributed by atoms with E-state index in [4.69, 9.17) is 0 Å². The third-order valence-corrected chi connectivity index (χ3v) is 2.55. The van der Waals surface area contributed by atoms with Crippen molar-refractivity contribution in [3.8, 4) is 0 Å². The van der Waals surface area contributed by atoms with E-state index in [9.17, 15) is 10.1 Å². The molecule has 1 aromatic carbocycles. The summed E-state index contributed by atoms with van der Waals surface area (Å²) in [5, 5.41) is 11.0. The van der Waals surface area contributed by atoms with E-state index in [-0.39, 0.29) is 10.6 Å². The van der Waals surface area contributed by atoms with Crippen LogP contribution in [0.2, 0.25) is 0 Å². The fourth-order valence-electron chi connectivity index (χ4n) is 1.72. The fraction of sp³-hybridized carbons (Fsp3) is 0.154. The SMILES string of the molecule is Cc1ccc(Cc2cccnc2)c([N+](=O)[O-])c1. The molecule has 0 spiro atoms. The summed E-state index contributed by atoms with van der Waals surface area (Å²) in [6, 6.07) is 9.04. The first kappa shape index (κ1) is 11.3. The Bertz CT molecular complexity index is 538. The van der Waals surface area contributed by atoms with Crippen molar-refractivity contribution >= 4 is 5.69 Å². The molecule has 0 radical (unpaired) electrons. The Labute approximate surface area is 99.1 Å². The van der Waals surface area contributed by atoms with E-state index in [1.807, 2.05) is 25.1 Å². The molecule has 0 aliphatic carbocycles. The standard InChI is InChI=1S/C13H12N2O2/c1-10-4-5-12(13(7-10)15(16)17)8-11-3-2-6-14-9-11/h2-7,9H,8H2,1H3. The van der Waals surface area contributed by atoms with E-state index in [0.717, 1.165) is 11.1 Å². The molecular weight excluding hydrogens is 216 g/mol. The average Bonchev–Trinajstić information content (AvgIpc) is 2.32. The highest BCUT2D eigenvalue weighted by Gasteiger charge is 2.13. The third-order valence-electron chi connectivity index (χ3n) is 2.55. The average molecular weight is 228 g/mol. The van der Waals surface area contributed by atoms with Gasteiger partial charge < -0.3 is 0 Å². The van der Waals surface area contributed by atoms with Crippen LogP contribution in [-0.2, 0) is 6.42 Å². The zero-order valence-electron chi connectivity index (χ0n) is 9.46. The van der Waals surface area contributed by atoms with E-state index in [0.29, 0.717) is 12.0 Å². The number of aromatic nitrogens is 1. The van der Waals surface area contributed by atoms with Crippen LogP contribution in [0.15, 0.2) is 42.7 Å². The summed E-state index contributed by atoms with van der Waals surface area (Å²) < 4.78 is 0. The fourth-order valence-corrected chi connectivity index (χ4v) is 1.72. The third kappa shape index (κ3) is 2.66. The molecular formula is C13H12N2O2. The summed E-state index contributed by atoms with van der Waals surface area (Å²) in [7, 11) is 0. The van der Waals surface area contributed by atoms with Gasteiger partial charge in [-0.2, -0.15) is 0 Å². The minimum atomic E-state index is -0.335. The van der Waals surface area contributed by atoms with Crippen LogP contribution < -0.4 is 0 Å². The van der Waals surface area contributed by atoms with Crippen LogP contribution in [0, 0.1) is 17.0 Å². The maximum absolute atomic E-state index is 11.0. The van der Waals surface area contributed by atoms with E-state index >= 15 is 0 Å². The van der Waals surface area contributed by atoms with E-state index < -0.39 is 0 Å². The first-order chi connectivity index (χ1) is 8.16. The minimum absolute atomic E-state index is 0.175. The van der Waals surface area contributed by atoms with Crippen LogP contribution in [-0.4, -0.2) is 9.91 Å². The second-order valence-electron chi connectivity index (χ2n) is 3.93. The van der Waals surface area contributed by atoms with E-state index in [1.165, 1.54) is 0 Å². The Hall–Kier alpha value is -2.23. The number of hydrogen-bond donors (Lipinski definition) is 0. The zero-order chi connectivity index (χ0) is 12.3. The molecule has 0 atom stereocenters. The Balaban J connectivity index is 2.36. The largest absolute Gasteiger partial charge is 0.273 e. The molecule has 0 fully saturated rings. The second kappa shape index (κ2) is 4.74. The van der Waals surface area contributed by atoms with Crippen LogP contribution in [0.4, 0.5) is 5.69 Å². The molecule has 4 nitrogen and oxygen atoms in total. The predicted octanol–water partition coefficient (Wildman–Crippen LogP) is 2.89. The van der Waals surface area contributed by atoms with E-state index in [2.05, 4.69) is 4.98 Å². The number of rotatable bonds is 3. The highest BCUT2D eigenvalue weighted by atomic mass is 16.6. The summed E-state index contributed by atoms with van der Waals surface area (Å²) in [4.78, 5) is 14.6.